The van der Waals surface area contributed by atoms with Crippen LogP contribution in [-0.4, -0.2) is 36.0 Å². The molecule has 2 aliphatic rings. The molecule has 0 radical (unpaired) electrons. The highest BCUT2D eigenvalue weighted by atomic mass is 32.1. The van der Waals surface area contributed by atoms with E-state index in [9.17, 15) is 9.59 Å². The van der Waals surface area contributed by atoms with Crippen LogP contribution in [0.1, 0.15) is 62.3 Å². The van der Waals surface area contributed by atoms with Crippen molar-refractivity contribution >= 4 is 23.3 Å². The molecule has 1 aliphatic carbocycles. The maximum atomic E-state index is 12.5. The summed E-state index contributed by atoms with van der Waals surface area (Å²) in [6.45, 7) is 1.24. The largest absolute Gasteiger partial charge is 0.338 e. The Bertz CT molecular complexity index is 540. The first kappa shape index (κ1) is 17.3. The Morgan fingerprint density at radius 1 is 1.17 bits per heavy atom. The van der Waals surface area contributed by atoms with Crippen LogP contribution >= 0.6 is 11.3 Å². The van der Waals surface area contributed by atoms with Crippen molar-refractivity contribution in [3.8, 4) is 0 Å². The minimum atomic E-state index is -0.133. The van der Waals surface area contributed by atoms with E-state index in [1.807, 2.05) is 11.0 Å². The lowest BCUT2D eigenvalue weighted by Crippen LogP contribution is -2.44. The number of hydrogen-bond donors (Lipinski definition) is 2. The molecule has 24 heavy (non-hydrogen) atoms. The van der Waals surface area contributed by atoms with E-state index in [-0.39, 0.29) is 18.0 Å². The molecular weight excluding hydrogens is 322 g/mol. The number of nitrogens with zero attached hydrogens (tertiary/aromatic N) is 1. The highest BCUT2D eigenvalue weighted by Gasteiger charge is 2.30. The van der Waals surface area contributed by atoms with Gasteiger partial charge in [-0.3, -0.25) is 4.79 Å². The van der Waals surface area contributed by atoms with Gasteiger partial charge in [0.15, 0.2) is 0 Å². The third-order valence-electron chi connectivity index (χ3n) is 5.01. The summed E-state index contributed by atoms with van der Waals surface area (Å²) in [6.07, 6.45) is 8.29. The molecule has 1 aromatic heterocycles. The van der Waals surface area contributed by atoms with E-state index in [0.29, 0.717) is 19.0 Å². The van der Waals surface area contributed by atoms with Crippen molar-refractivity contribution in [2.75, 3.05) is 13.1 Å². The molecule has 1 aliphatic heterocycles. The Hall–Kier alpha value is -1.56. The molecule has 2 fully saturated rings. The zero-order valence-electron chi connectivity index (χ0n) is 14.1. The molecule has 6 heteroatoms. The van der Waals surface area contributed by atoms with Crippen LogP contribution in [0.15, 0.2) is 17.5 Å². The summed E-state index contributed by atoms with van der Waals surface area (Å²) in [5.74, 6) is 0.142. The maximum Gasteiger partial charge on any atom is 0.315 e. The molecule has 132 valence electrons. The Kier molecular flexibility index (Phi) is 6.12. The Morgan fingerprint density at radius 3 is 2.75 bits per heavy atom. The molecule has 1 saturated carbocycles. The summed E-state index contributed by atoms with van der Waals surface area (Å²) in [7, 11) is 0. The molecule has 3 rings (SSSR count). The molecular formula is C18H27N3O2S. The minimum Gasteiger partial charge on any atom is -0.338 e. The van der Waals surface area contributed by atoms with E-state index in [1.54, 1.807) is 11.3 Å². The van der Waals surface area contributed by atoms with Crippen molar-refractivity contribution in [1.29, 1.82) is 0 Å². The molecule has 2 N–H and O–H groups in total. The quantitative estimate of drug-likeness (QED) is 0.855. The second-order valence-corrected chi connectivity index (χ2v) is 7.73. The molecule has 5 nitrogen and oxygen atoms in total. The highest BCUT2D eigenvalue weighted by molar-refractivity contribution is 7.10. The van der Waals surface area contributed by atoms with Crippen molar-refractivity contribution in [1.82, 2.24) is 15.5 Å². The lowest BCUT2D eigenvalue weighted by molar-refractivity contribution is -0.131. The molecule has 1 unspecified atom stereocenters. The van der Waals surface area contributed by atoms with Crippen LogP contribution in [0.2, 0.25) is 0 Å². The third-order valence-corrected chi connectivity index (χ3v) is 5.98. The normalized spacial score (nSPS) is 21.7. The fraction of sp³-hybridized carbons (Fsp3) is 0.667. The summed E-state index contributed by atoms with van der Waals surface area (Å²) in [5.41, 5.74) is 0. The number of hydrogen-bond acceptors (Lipinski definition) is 3. The fourth-order valence-corrected chi connectivity index (χ4v) is 4.63. The first-order chi connectivity index (χ1) is 11.7. The zero-order valence-corrected chi connectivity index (χ0v) is 14.9. The van der Waals surface area contributed by atoms with Gasteiger partial charge in [0, 0.05) is 30.4 Å². The second-order valence-electron chi connectivity index (χ2n) is 6.75. The molecule has 2 heterocycles. The molecule has 0 aromatic carbocycles. The Labute approximate surface area is 147 Å². The van der Waals surface area contributed by atoms with E-state index in [4.69, 9.17) is 0 Å². The predicted molar refractivity (Wildman–Crippen MR) is 96.0 cm³/mol. The Morgan fingerprint density at radius 2 is 2.00 bits per heavy atom. The van der Waals surface area contributed by atoms with Crippen LogP contribution in [0.4, 0.5) is 4.79 Å². The average Bonchev–Trinajstić information content (AvgIpc) is 3.26. The number of nitrogens with one attached hydrogen (secondary N) is 2. The molecule has 3 amide bonds. The lowest BCUT2D eigenvalue weighted by atomic mass is 9.96. The van der Waals surface area contributed by atoms with Crippen molar-refractivity contribution in [3.05, 3.63) is 22.4 Å². The summed E-state index contributed by atoms with van der Waals surface area (Å²) in [4.78, 5) is 27.6. The van der Waals surface area contributed by atoms with E-state index in [0.717, 1.165) is 32.2 Å². The standard InChI is InChI=1S/C18H27N3O2S/c22-17(21-12-4-8-15(21)16-9-5-13-24-16)10-11-19-18(23)20-14-6-2-1-3-7-14/h5,9,13-15H,1-4,6-8,10-12H2,(H2,19,20,23). The van der Waals surface area contributed by atoms with Gasteiger partial charge in [0.2, 0.25) is 5.91 Å². The van der Waals surface area contributed by atoms with E-state index >= 15 is 0 Å². The van der Waals surface area contributed by atoms with Gasteiger partial charge in [0.1, 0.15) is 0 Å². The van der Waals surface area contributed by atoms with E-state index < -0.39 is 0 Å². The van der Waals surface area contributed by atoms with Crippen molar-refractivity contribution in [2.45, 2.75) is 63.5 Å². The zero-order chi connectivity index (χ0) is 16.8. The number of likely N-dealkylation sites (tertiary alicyclic amines) is 1. The molecule has 1 saturated heterocycles. The van der Waals surface area contributed by atoms with Gasteiger partial charge < -0.3 is 15.5 Å². The first-order valence-electron chi connectivity index (χ1n) is 9.11. The van der Waals surface area contributed by atoms with Gasteiger partial charge in [0.25, 0.3) is 0 Å². The number of rotatable bonds is 5. The van der Waals surface area contributed by atoms with Crippen LogP contribution in [0.3, 0.4) is 0 Å². The summed E-state index contributed by atoms with van der Waals surface area (Å²) >= 11 is 1.72. The SMILES string of the molecule is O=C(NCCC(=O)N1CCCC1c1cccs1)NC1CCCCC1. The number of carbonyl (C=O) groups excluding carboxylic acids is 2. The van der Waals surface area contributed by atoms with Crippen molar-refractivity contribution in [2.24, 2.45) is 0 Å². The van der Waals surface area contributed by atoms with E-state index in [1.165, 1.54) is 24.1 Å². The fourth-order valence-electron chi connectivity index (χ4n) is 3.75. The van der Waals surface area contributed by atoms with Gasteiger partial charge in [-0.1, -0.05) is 25.3 Å². The Balaban J connectivity index is 1.39. The maximum absolute atomic E-state index is 12.5. The van der Waals surface area contributed by atoms with Crippen molar-refractivity contribution < 1.29 is 9.59 Å². The average molecular weight is 350 g/mol. The smallest absolute Gasteiger partial charge is 0.315 e. The second kappa shape index (κ2) is 8.51. The van der Waals surface area contributed by atoms with Crippen LogP contribution in [0, 0.1) is 0 Å². The van der Waals surface area contributed by atoms with Crippen molar-refractivity contribution in [3.63, 3.8) is 0 Å². The highest BCUT2D eigenvalue weighted by Crippen LogP contribution is 2.34. The molecule has 0 bridgehead atoms. The summed E-state index contributed by atoms with van der Waals surface area (Å²) in [6, 6.07) is 4.55. The van der Waals surface area contributed by atoms with Gasteiger partial charge >= 0.3 is 6.03 Å². The summed E-state index contributed by atoms with van der Waals surface area (Å²) < 4.78 is 0. The number of thiophene rings is 1. The third kappa shape index (κ3) is 4.50. The minimum absolute atomic E-state index is 0.133. The topological polar surface area (TPSA) is 61.4 Å². The van der Waals surface area contributed by atoms with Crippen LogP contribution in [-0.2, 0) is 4.79 Å². The van der Waals surface area contributed by atoms with Crippen LogP contribution in [0.5, 0.6) is 0 Å². The summed E-state index contributed by atoms with van der Waals surface area (Å²) in [5, 5.41) is 7.92. The van der Waals surface area contributed by atoms with Gasteiger partial charge in [0.05, 0.1) is 6.04 Å². The van der Waals surface area contributed by atoms with E-state index in [2.05, 4.69) is 22.1 Å². The first-order valence-corrected chi connectivity index (χ1v) is 9.99. The monoisotopic (exact) mass is 349 g/mol. The van der Waals surface area contributed by atoms with Gasteiger partial charge in [-0.25, -0.2) is 4.79 Å². The van der Waals surface area contributed by atoms with Gasteiger partial charge in [-0.15, -0.1) is 11.3 Å². The lowest BCUT2D eigenvalue weighted by Gasteiger charge is -2.25. The van der Waals surface area contributed by atoms with Crippen LogP contribution in [0.25, 0.3) is 0 Å². The van der Waals surface area contributed by atoms with Gasteiger partial charge in [-0.2, -0.15) is 0 Å². The van der Waals surface area contributed by atoms with Crippen LogP contribution < -0.4 is 10.6 Å². The molecule has 0 spiro atoms. The molecule has 1 aromatic rings. The van der Waals surface area contributed by atoms with Gasteiger partial charge in [-0.05, 0) is 37.1 Å². The molecule has 1 atom stereocenters. The predicted octanol–water partition coefficient (Wildman–Crippen LogP) is 3.43. The number of carbonyl (C=O) groups is 2. The number of urea groups is 1. The number of amides is 3.